The Kier molecular flexibility index (Phi) is 6.39. The molecule has 7 nitrogen and oxygen atoms in total. The molecule has 8 heteroatoms. The first-order chi connectivity index (χ1) is 14.7. The predicted molar refractivity (Wildman–Crippen MR) is 123 cm³/mol. The smallest absolute Gasteiger partial charge is 0.337 e. The largest absolute Gasteiger partial charge is 0.479 e. The molecule has 32 heavy (non-hydrogen) atoms. The van der Waals surface area contributed by atoms with E-state index in [2.05, 4.69) is 23.8 Å². The highest BCUT2D eigenvalue weighted by Gasteiger charge is 2.56. The van der Waals surface area contributed by atoms with Gasteiger partial charge in [0.15, 0.2) is 0 Å². The average molecular weight is 448 g/mol. The lowest BCUT2D eigenvalue weighted by molar-refractivity contribution is -0.170. The molecule has 0 amide bonds. The zero-order valence-corrected chi connectivity index (χ0v) is 19.8. The molecular formula is C24H34FN3O4. The van der Waals surface area contributed by atoms with Gasteiger partial charge in [-0.2, -0.15) is 0 Å². The van der Waals surface area contributed by atoms with Gasteiger partial charge in [-0.1, -0.05) is 13.8 Å². The zero-order chi connectivity index (χ0) is 23.9. The van der Waals surface area contributed by atoms with Gasteiger partial charge < -0.3 is 19.7 Å². The van der Waals surface area contributed by atoms with Crippen molar-refractivity contribution in [3.05, 3.63) is 39.9 Å². The van der Waals surface area contributed by atoms with E-state index < -0.39 is 23.3 Å². The molecule has 0 spiro atoms. The van der Waals surface area contributed by atoms with E-state index in [1.807, 2.05) is 4.90 Å². The Balaban J connectivity index is 2.22. The number of aliphatic carboxylic acids is 1. The first-order valence-electron chi connectivity index (χ1n) is 11.0. The van der Waals surface area contributed by atoms with Crippen molar-refractivity contribution in [1.29, 1.82) is 0 Å². The molecule has 0 radical (unpaired) electrons. The van der Waals surface area contributed by atoms with Gasteiger partial charge in [-0.25, -0.2) is 9.18 Å². The fraction of sp³-hybridized carbons (Fsp3) is 0.625. The molecule has 1 fully saturated rings. The minimum Gasteiger partial charge on any atom is -0.479 e. The minimum atomic E-state index is -2.45. The van der Waals surface area contributed by atoms with Gasteiger partial charge in [-0.3, -0.25) is 9.79 Å². The van der Waals surface area contributed by atoms with Crippen LogP contribution >= 0.6 is 0 Å². The molecule has 0 bridgehead atoms. The second kappa shape index (κ2) is 8.46. The number of nitrogens with one attached hydrogen (secondary N) is 1. The van der Waals surface area contributed by atoms with Crippen molar-refractivity contribution in [2.45, 2.75) is 71.8 Å². The molecule has 1 aromatic heterocycles. The number of aromatic nitrogens is 1. The number of halogens is 1. The summed E-state index contributed by atoms with van der Waals surface area (Å²) in [5.74, 6) is -1.38. The number of alkyl halides is 1. The van der Waals surface area contributed by atoms with Crippen LogP contribution in [0.25, 0.3) is 5.57 Å². The number of hydrogen-bond acceptors (Lipinski definition) is 5. The standard InChI is InChI=1S/C24H34FN3O4/c1-15-24(25,20(21(30)31)32-22(2,3)4)19(28-11-9-23(5,6)10-12-28)17(14-26-15)16-7-8-18(29)27-13-16/h7-8,13,20H,9-12,14H2,1-6H3,(H,27,29)(H,30,31)/t20-,24?/m0/s1. The summed E-state index contributed by atoms with van der Waals surface area (Å²) in [6.45, 7) is 12.4. The lowest BCUT2D eigenvalue weighted by Crippen LogP contribution is -2.59. The van der Waals surface area contributed by atoms with Crippen LogP contribution in [-0.2, 0) is 9.53 Å². The zero-order valence-electron chi connectivity index (χ0n) is 19.8. The molecular weight excluding hydrogens is 413 g/mol. The number of hydrogen-bond donors (Lipinski definition) is 2. The average Bonchev–Trinajstić information content (AvgIpc) is 2.68. The molecule has 2 aliphatic heterocycles. The number of aromatic amines is 1. The van der Waals surface area contributed by atoms with Gasteiger partial charge in [0.2, 0.25) is 17.3 Å². The van der Waals surface area contributed by atoms with Gasteiger partial charge in [-0.05, 0) is 57.6 Å². The summed E-state index contributed by atoms with van der Waals surface area (Å²) in [6.07, 6.45) is 1.45. The lowest BCUT2D eigenvalue weighted by Gasteiger charge is -2.47. The second-order valence-corrected chi connectivity index (χ2v) is 10.5. The molecule has 2 N–H and O–H groups in total. The number of carboxylic acid groups (broad SMARTS) is 1. The summed E-state index contributed by atoms with van der Waals surface area (Å²) < 4.78 is 23.1. The number of nitrogens with zero attached hydrogens (tertiary/aromatic N) is 2. The number of rotatable bonds is 5. The first kappa shape index (κ1) is 24.2. The SMILES string of the molecule is CC1=NCC(c2ccc(=O)[nH]c2)=C(N2CCC(C)(C)CC2)C1(F)[C@@H](OC(C)(C)C)C(=O)O. The van der Waals surface area contributed by atoms with Crippen molar-refractivity contribution in [2.24, 2.45) is 10.4 Å². The van der Waals surface area contributed by atoms with Gasteiger partial charge >= 0.3 is 5.97 Å². The van der Waals surface area contributed by atoms with E-state index in [1.165, 1.54) is 19.2 Å². The molecule has 0 aromatic carbocycles. The van der Waals surface area contributed by atoms with Crippen molar-refractivity contribution in [3.63, 3.8) is 0 Å². The molecule has 2 aliphatic rings. The third-order valence-electron chi connectivity index (χ3n) is 6.25. The van der Waals surface area contributed by atoms with Crippen LogP contribution in [-0.4, -0.2) is 63.7 Å². The molecule has 2 atom stereocenters. The van der Waals surface area contributed by atoms with E-state index in [0.29, 0.717) is 24.2 Å². The number of aliphatic imine (C=N–C) groups is 1. The summed E-state index contributed by atoms with van der Waals surface area (Å²) in [4.78, 5) is 32.9. The number of pyridine rings is 1. The maximum atomic E-state index is 17.3. The van der Waals surface area contributed by atoms with Gasteiger partial charge in [0.05, 0.1) is 23.6 Å². The molecule has 176 valence electrons. The van der Waals surface area contributed by atoms with Gasteiger partial charge in [0.25, 0.3) is 0 Å². The van der Waals surface area contributed by atoms with Crippen molar-refractivity contribution in [2.75, 3.05) is 19.6 Å². The highest BCUT2D eigenvalue weighted by molar-refractivity contribution is 6.02. The van der Waals surface area contributed by atoms with Crippen LogP contribution in [0.1, 0.15) is 59.9 Å². The number of H-pyrrole nitrogens is 1. The van der Waals surface area contributed by atoms with Crippen molar-refractivity contribution in [1.82, 2.24) is 9.88 Å². The normalized spacial score (nSPS) is 24.8. The Morgan fingerprint density at radius 2 is 1.91 bits per heavy atom. The molecule has 1 aromatic rings. The maximum absolute atomic E-state index is 17.3. The van der Waals surface area contributed by atoms with Crippen LogP contribution in [0.4, 0.5) is 4.39 Å². The monoisotopic (exact) mass is 447 g/mol. The molecule has 1 unspecified atom stereocenters. The van der Waals surface area contributed by atoms with Crippen molar-refractivity contribution < 1.29 is 19.0 Å². The quantitative estimate of drug-likeness (QED) is 0.718. The number of carbonyl (C=O) groups is 1. The molecule has 1 saturated heterocycles. The van der Waals surface area contributed by atoms with E-state index >= 15 is 4.39 Å². The fourth-order valence-corrected chi connectivity index (χ4v) is 4.33. The summed E-state index contributed by atoms with van der Waals surface area (Å²) in [7, 11) is 0. The van der Waals surface area contributed by atoms with Crippen LogP contribution in [0.2, 0.25) is 0 Å². The third-order valence-corrected chi connectivity index (χ3v) is 6.25. The van der Waals surface area contributed by atoms with Crippen LogP contribution < -0.4 is 5.56 Å². The highest BCUT2D eigenvalue weighted by atomic mass is 19.1. The summed E-state index contributed by atoms with van der Waals surface area (Å²) in [5.41, 5.74) is -1.93. The van der Waals surface area contributed by atoms with Gasteiger partial charge in [0.1, 0.15) is 0 Å². The second-order valence-electron chi connectivity index (χ2n) is 10.5. The summed E-state index contributed by atoms with van der Waals surface area (Å²) in [5, 5.41) is 10.1. The van der Waals surface area contributed by atoms with Crippen LogP contribution in [0.15, 0.2) is 33.8 Å². The van der Waals surface area contributed by atoms with E-state index in [4.69, 9.17) is 4.74 Å². The molecule has 0 saturated carbocycles. The summed E-state index contributed by atoms with van der Waals surface area (Å²) >= 11 is 0. The van der Waals surface area contributed by atoms with E-state index in [1.54, 1.807) is 26.8 Å². The lowest BCUT2D eigenvalue weighted by atomic mass is 9.78. The third kappa shape index (κ3) is 4.80. The number of piperidine rings is 1. The van der Waals surface area contributed by atoms with Crippen molar-refractivity contribution >= 4 is 17.3 Å². The van der Waals surface area contributed by atoms with Crippen LogP contribution in [0.3, 0.4) is 0 Å². The molecule has 3 rings (SSSR count). The van der Waals surface area contributed by atoms with Crippen LogP contribution in [0, 0.1) is 5.41 Å². The highest BCUT2D eigenvalue weighted by Crippen LogP contribution is 2.44. The first-order valence-corrected chi connectivity index (χ1v) is 11.0. The Labute approximate surface area is 188 Å². The minimum absolute atomic E-state index is 0.0853. The van der Waals surface area contributed by atoms with Gasteiger partial charge in [-0.15, -0.1) is 0 Å². The Hall–Kier alpha value is -2.48. The van der Waals surface area contributed by atoms with E-state index in [9.17, 15) is 14.7 Å². The number of dihydropyridines is 1. The van der Waals surface area contributed by atoms with E-state index in [-0.39, 0.29) is 28.9 Å². The topological polar surface area (TPSA) is 95.0 Å². The van der Waals surface area contributed by atoms with Gasteiger partial charge in [0, 0.05) is 30.9 Å². The molecule has 0 aliphatic carbocycles. The van der Waals surface area contributed by atoms with E-state index in [0.717, 1.165) is 12.8 Å². The maximum Gasteiger partial charge on any atom is 0.337 e. The Morgan fingerprint density at radius 3 is 2.41 bits per heavy atom. The fourth-order valence-electron chi connectivity index (χ4n) is 4.33. The van der Waals surface area contributed by atoms with Crippen LogP contribution in [0.5, 0.6) is 0 Å². The Morgan fingerprint density at radius 1 is 1.28 bits per heavy atom. The predicted octanol–water partition coefficient (Wildman–Crippen LogP) is 3.66. The Bertz CT molecular complexity index is 975. The number of ether oxygens (including phenoxy) is 1. The number of carboxylic acids is 1. The number of likely N-dealkylation sites (tertiary alicyclic amines) is 1. The summed E-state index contributed by atoms with van der Waals surface area (Å²) in [6, 6.07) is 3.00. The molecule has 3 heterocycles. The van der Waals surface area contributed by atoms with Crippen molar-refractivity contribution in [3.8, 4) is 0 Å².